The number of furan rings is 1. The summed E-state index contributed by atoms with van der Waals surface area (Å²) < 4.78 is 5.28. The summed E-state index contributed by atoms with van der Waals surface area (Å²) in [6, 6.07) is 6.81. The second-order valence-corrected chi connectivity index (χ2v) is 4.59. The number of amides is 1. The Bertz CT molecular complexity index is 672. The van der Waals surface area contributed by atoms with E-state index in [2.05, 4.69) is 10.5 Å². The molecule has 0 unspecified atom stereocenters. The number of phenols is 1. The molecule has 1 aromatic heterocycles. The number of rotatable bonds is 3. The molecule has 1 heterocycles. The Balaban J connectivity index is 2.08. The standard InChI is InChI=1S/C15H16N2O3/c1-9-4-5-14(18)12(6-9)8-16-17-15(19)13-7-10(2)20-11(13)3/h4-8,18H,1-3H3,(H,17,19)/b16-8+. The summed E-state index contributed by atoms with van der Waals surface area (Å²) in [5, 5.41) is 13.5. The fourth-order valence-electron chi connectivity index (χ4n) is 1.85. The minimum absolute atomic E-state index is 0.115. The summed E-state index contributed by atoms with van der Waals surface area (Å²) in [4.78, 5) is 11.9. The number of aryl methyl sites for hydroxylation is 3. The number of carbonyl (C=O) groups is 1. The molecule has 0 aliphatic heterocycles. The maximum atomic E-state index is 11.9. The van der Waals surface area contributed by atoms with Crippen molar-refractivity contribution >= 4 is 12.1 Å². The zero-order valence-corrected chi connectivity index (χ0v) is 11.6. The van der Waals surface area contributed by atoms with Gasteiger partial charge in [-0.15, -0.1) is 0 Å². The van der Waals surface area contributed by atoms with Gasteiger partial charge >= 0.3 is 0 Å². The summed E-state index contributed by atoms with van der Waals surface area (Å²) in [5.74, 6) is 0.994. The fraction of sp³-hybridized carbons (Fsp3) is 0.200. The van der Waals surface area contributed by atoms with E-state index in [0.717, 1.165) is 5.56 Å². The van der Waals surface area contributed by atoms with Crippen molar-refractivity contribution in [2.24, 2.45) is 5.10 Å². The third-order valence-corrected chi connectivity index (χ3v) is 2.84. The van der Waals surface area contributed by atoms with Gasteiger partial charge in [0.25, 0.3) is 5.91 Å². The molecule has 0 bridgehead atoms. The van der Waals surface area contributed by atoms with Gasteiger partial charge in [-0.25, -0.2) is 5.43 Å². The van der Waals surface area contributed by atoms with Gasteiger partial charge in [0.1, 0.15) is 17.3 Å². The number of nitrogens with zero attached hydrogens (tertiary/aromatic N) is 1. The molecule has 20 heavy (non-hydrogen) atoms. The van der Waals surface area contributed by atoms with Crippen LogP contribution in [0.5, 0.6) is 5.75 Å². The quantitative estimate of drug-likeness (QED) is 0.666. The van der Waals surface area contributed by atoms with Crippen molar-refractivity contribution in [3.63, 3.8) is 0 Å². The van der Waals surface area contributed by atoms with Gasteiger partial charge in [0.15, 0.2) is 0 Å². The first-order valence-corrected chi connectivity index (χ1v) is 6.17. The average molecular weight is 272 g/mol. The fourth-order valence-corrected chi connectivity index (χ4v) is 1.85. The number of hydrogen-bond acceptors (Lipinski definition) is 4. The van der Waals surface area contributed by atoms with E-state index in [1.165, 1.54) is 6.21 Å². The first-order chi connectivity index (χ1) is 9.47. The molecule has 2 aromatic rings. The normalized spacial score (nSPS) is 10.9. The second kappa shape index (κ2) is 5.61. The van der Waals surface area contributed by atoms with Crippen LogP contribution in [0.15, 0.2) is 33.8 Å². The number of aromatic hydroxyl groups is 1. The number of hydrogen-bond donors (Lipinski definition) is 2. The van der Waals surface area contributed by atoms with Crippen molar-refractivity contribution in [1.82, 2.24) is 5.43 Å². The Kier molecular flexibility index (Phi) is 3.89. The summed E-state index contributed by atoms with van der Waals surface area (Å²) in [6.07, 6.45) is 1.41. The third-order valence-electron chi connectivity index (χ3n) is 2.84. The molecule has 0 aliphatic rings. The van der Waals surface area contributed by atoms with Gasteiger partial charge in [-0.1, -0.05) is 11.6 Å². The first-order valence-electron chi connectivity index (χ1n) is 6.17. The van der Waals surface area contributed by atoms with Crippen molar-refractivity contribution in [2.45, 2.75) is 20.8 Å². The van der Waals surface area contributed by atoms with Gasteiger partial charge in [0.2, 0.25) is 0 Å². The second-order valence-electron chi connectivity index (χ2n) is 4.59. The number of carbonyl (C=O) groups excluding carboxylic acids is 1. The zero-order valence-electron chi connectivity index (χ0n) is 11.6. The monoisotopic (exact) mass is 272 g/mol. The van der Waals surface area contributed by atoms with E-state index in [4.69, 9.17) is 4.42 Å². The third kappa shape index (κ3) is 3.06. The van der Waals surface area contributed by atoms with Gasteiger partial charge < -0.3 is 9.52 Å². The van der Waals surface area contributed by atoms with Crippen molar-refractivity contribution in [2.75, 3.05) is 0 Å². The predicted octanol–water partition coefficient (Wildman–Crippen LogP) is 2.67. The number of hydrazone groups is 1. The van der Waals surface area contributed by atoms with E-state index >= 15 is 0 Å². The van der Waals surface area contributed by atoms with Crippen LogP contribution in [-0.2, 0) is 0 Å². The largest absolute Gasteiger partial charge is 0.507 e. The molecule has 0 aliphatic carbocycles. The molecule has 0 fully saturated rings. The summed E-state index contributed by atoms with van der Waals surface area (Å²) in [5.41, 5.74) is 4.40. The highest BCUT2D eigenvalue weighted by molar-refractivity contribution is 5.96. The maximum absolute atomic E-state index is 11.9. The van der Waals surface area contributed by atoms with Gasteiger partial charge in [0, 0.05) is 5.56 Å². The van der Waals surface area contributed by atoms with E-state index < -0.39 is 0 Å². The van der Waals surface area contributed by atoms with E-state index in [1.807, 2.05) is 6.92 Å². The van der Waals surface area contributed by atoms with Crippen LogP contribution in [0.3, 0.4) is 0 Å². The molecule has 0 radical (unpaired) electrons. The molecular weight excluding hydrogens is 256 g/mol. The Morgan fingerprint density at radius 2 is 2.05 bits per heavy atom. The van der Waals surface area contributed by atoms with Gasteiger partial charge in [0.05, 0.1) is 11.8 Å². The number of nitrogens with one attached hydrogen (secondary N) is 1. The van der Waals surface area contributed by atoms with E-state index in [0.29, 0.717) is 22.6 Å². The van der Waals surface area contributed by atoms with Crippen LogP contribution >= 0.6 is 0 Å². The SMILES string of the molecule is Cc1ccc(O)c(/C=N/NC(=O)c2cc(C)oc2C)c1. The topological polar surface area (TPSA) is 74.8 Å². The van der Waals surface area contributed by atoms with Crippen LogP contribution in [0.4, 0.5) is 0 Å². The van der Waals surface area contributed by atoms with Gasteiger partial charge in [-0.3, -0.25) is 4.79 Å². The minimum atomic E-state index is -0.345. The Hall–Kier alpha value is -2.56. The molecule has 104 valence electrons. The molecule has 5 nitrogen and oxygen atoms in total. The van der Waals surface area contributed by atoms with Crippen LogP contribution in [0.25, 0.3) is 0 Å². The van der Waals surface area contributed by atoms with Crippen LogP contribution < -0.4 is 5.43 Å². The molecule has 0 spiro atoms. The highest BCUT2D eigenvalue weighted by Gasteiger charge is 2.12. The molecule has 0 saturated heterocycles. The predicted molar refractivity (Wildman–Crippen MR) is 76.1 cm³/mol. The van der Waals surface area contributed by atoms with Crippen LogP contribution in [0, 0.1) is 20.8 Å². The molecule has 0 atom stereocenters. The van der Waals surface area contributed by atoms with Gasteiger partial charge in [-0.05, 0) is 39.0 Å². The van der Waals surface area contributed by atoms with Gasteiger partial charge in [-0.2, -0.15) is 5.10 Å². The molecule has 1 aromatic carbocycles. The van der Waals surface area contributed by atoms with Crippen molar-refractivity contribution in [3.05, 3.63) is 52.5 Å². The number of benzene rings is 1. The smallest absolute Gasteiger partial charge is 0.274 e. The first kappa shape index (κ1) is 13.9. The lowest BCUT2D eigenvalue weighted by Gasteiger charge is -2.00. The molecule has 5 heteroatoms. The molecule has 0 saturated carbocycles. The Morgan fingerprint density at radius 1 is 1.30 bits per heavy atom. The van der Waals surface area contributed by atoms with Crippen LogP contribution in [0.1, 0.15) is 33.0 Å². The molecule has 2 N–H and O–H groups in total. The minimum Gasteiger partial charge on any atom is -0.507 e. The van der Waals surface area contributed by atoms with Crippen molar-refractivity contribution in [1.29, 1.82) is 0 Å². The zero-order chi connectivity index (χ0) is 14.7. The van der Waals surface area contributed by atoms with Crippen molar-refractivity contribution in [3.8, 4) is 5.75 Å². The summed E-state index contributed by atoms with van der Waals surface area (Å²) in [7, 11) is 0. The Labute approximate surface area is 116 Å². The molecular formula is C15H16N2O3. The van der Waals surface area contributed by atoms with E-state index in [9.17, 15) is 9.90 Å². The lowest BCUT2D eigenvalue weighted by Crippen LogP contribution is -2.17. The summed E-state index contributed by atoms with van der Waals surface area (Å²) in [6.45, 7) is 5.41. The highest BCUT2D eigenvalue weighted by Crippen LogP contribution is 2.16. The maximum Gasteiger partial charge on any atom is 0.274 e. The Morgan fingerprint density at radius 3 is 2.70 bits per heavy atom. The number of phenolic OH excluding ortho intramolecular Hbond substituents is 1. The molecule has 2 rings (SSSR count). The van der Waals surface area contributed by atoms with E-state index in [1.54, 1.807) is 38.1 Å². The van der Waals surface area contributed by atoms with E-state index in [-0.39, 0.29) is 11.7 Å². The average Bonchev–Trinajstić information content (AvgIpc) is 2.72. The lowest BCUT2D eigenvalue weighted by molar-refractivity contribution is 0.0953. The van der Waals surface area contributed by atoms with Crippen molar-refractivity contribution < 1.29 is 14.3 Å². The van der Waals surface area contributed by atoms with Crippen LogP contribution in [-0.4, -0.2) is 17.2 Å². The van der Waals surface area contributed by atoms with Crippen LogP contribution in [0.2, 0.25) is 0 Å². The lowest BCUT2D eigenvalue weighted by atomic mass is 10.1. The molecule has 1 amide bonds. The summed E-state index contributed by atoms with van der Waals surface area (Å²) >= 11 is 0. The highest BCUT2D eigenvalue weighted by atomic mass is 16.3.